The summed E-state index contributed by atoms with van der Waals surface area (Å²) in [4.78, 5) is 124. The van der Waals surface area contributed by atoms with Gasteiger partial charge in [-0.25, -0.2) is 24.0 Å². The van der Waals surface area contributed by atoms with Crippen molar-refractivity contribution in [3.05, 3.63) is 155 Å². The van der Waals surface area contributed by atoms with Gasteiger partial charge in [0.15, 0.2) is 42.9 Å². The van der Waals surface area contributed by atoms with Crippen LogP contribution in [0.25, 0.3) is 0 Å². The van der Waals surface area contributed by atoms with E-state index in [0.29, 0.717) is 51.4 Å². The van der Waals surface area contributed by atoms with Gasteiger partial charge >= 0.3 is 53.7 Å². The minimum Gasteiger partial charge on any atom is -0.467 e. The van der Waals surface area contributed by atoms with Gasteiger partial charge in [0.05, 0.1) is 40.9 Å². The molecule has 5 aliphatic carbocycles. The minimum absolute atomic E-state index is 0.0326. The molecule has 0 bridgehead atoms. The largest absolute Gasteiger partial charge is 0.467 e. The molecule has 98 heavy (non-hydrogen) atoms. The van der Waals surface area contributed by atoms with E-state index in [1.165, 1.54) is 5.57 Å². The molecule has 7 aliphatic rings. The molecule has 18 atom stereocenters. The summed E-state index contributed by atoms with van der Waals surface area (Å²) in [7, 11) is 1.10. The van der Waals surface area contributed by atoms with Crippen LogP contribution in [0.5, 0.6) is 0 Å². The summed E-state index contributed by atoms with van der Waals surface area (Å²) in [5, 5.41) is 0. The second-order valence-electron chi connectivity index (χ2n) is 29.6. The Kier molecular flexibility index (Phi) is 20.4. The number of hydrogen-bond acceptors (Lipinski definition) is 21. The van der Waals surface area contributed by atoms with Crippen molar-refractivity contribution in [2.45, 2.75) is 201 Å². The van der Waals surface area contributed by atoms with Gasteiger partial charge in [-0.3, -0.25) is 19.2 Å². The normalized spacial score (nSPS) is 34.2. The van der Waals surface area contributed by atoms with E-state index in [9.17, 15) is 38.4 Å². The number of fused-ring (bicyclic) bond motifs is 7. The monoisotopic (exact) mass is 1350 g/mol. The molecule has 0 N–H and O–H groups in total. The Bertz CT molecular complexity index is 3670. The maximum absolute atomic E-state index is 15.6. The van der Waals surface area contributed by atoms with Gasteiger partial charge in [-0.2, -0.15) is 0 Å². The molecule has 2 aliphatic heterocycles. The maximum atomic E-state index is 15.6. The van der Waals surface area contributed by atoms with Crippen LogP contribution in [0.1, 0.15) is 175 Å². The maximum Gasteiger partial charge on any atom is 0.339 e. The molecular weight excluding hydrogens is 1260 g/mol. The van der Waals surface area contributed by atoms with Crippen LogP contribution in [-0.4, -0.2) is 135 Å². The zero-order chi connectivity index (χ0) is 70.3. The topological polar surface area (TPSA) is 264 Å². The predicted molar refractivity (Wildman–Crippen MR) is 350 cm³/mol. The highest BCUT2D eigenvalue weighted by Crippen LogP contribution is 2.76. The summed E-state index contributed by atoms with van der Waals surface area (Å²) >= 11 is 0. The lowest BCUT2D eigenvalue weighted by atomic mass is 9.33. The zero-order valence-electron chi connectivity index (χ0n) is 57.6. The smallest absolute Gasteiger partial charge is 0.339 e. The Morgan fingerprint density at radius 2 is 0.959 bits per heavy atom. The number of ether oxygens (including phenoxy) is 12. The van der Waals surface area contributed by atoms with Crippen LogP contribution in [0.2, 0.25) is 0 Å². The van der Waals surface area contributed by atoms with E-state index >= 15 is 4.79 Å². The lowest BCUT2D eigenvalue weighted by Crippen LogP contribution is -2.67. The average Bonchev–Trinajstić information content (AvgIpc) is 0.676. The Morgan fingerprint density at radius 1 is 0.480 bits per heavy atom. The van der Waals surface area contributed by atoms with Gasteiger partial charge in [-0.05, 0) is 158 Å². The van der Waals surface area contributed by atoms with Crippen molar-refractivity contribution in [3.8, 4) is 0 Å². The van der Waals surface area contributed by atoms with Gasteiger partial charge < -0.3 is 56.8 Å². The summed E-state index contributed by atoms with van der Waals surface area (Å²) < 4.78 is 74.1. The zero-order valence-corrected chi connectivity index (χ0v) is 57.6. The van der Waals surface area contributed by atoms with Gasteiger partial charge in [0, 0.05) is 20.8 Å². The summed E-state index contributed by atoms with van der Waals surface area (Å²) in [5.41, 5.74) is -1.01. The summed E-state index contributed by atoms with van der Waals surface area (Å²) in [6.45, 7) is 18.8. The molecule has 0 aromatic heterocycles. The highest BCUT2D eigenvalue weighted by Gasteiger charge is 2.71. The second kappa shape index (κ2) is 28.2. The number of allylic oxidation sites excluding steroid dienone is 2. The fourth-order valence-electron chi connectivity index (χ4n) is 18.0. The van der Waals surface area contributed by atoms with Crippen LogP contribution in [0.3, 0.4) is 0 Å². The third kappa shape index (κ3) is 13.7. The predicted octanol–water partition coefficient (Wildman–Crippen LogP) is 11.7. The molecule has 6 fully saturated rings. The van der Waals surface area contributed by atoms with E-state index in [0.717, 1.165) is 40.7 Å². The van der Waals surface area contributed by atoms with Gasteiger partial charge in [0.2, 0.25) is 12.4 Å². The van der Waals surface area contributed by atoms with Crippen LogP contribution >= 0.6 is 0 Å². The van der Waals surface area contributed by atoms with E-state index < -0.39 is 144 Å². The fourth-order valence-corrected chi connectivity index (χ4v) is 18.0. The Hall–Kier alpha value is -8.27. The van der Waals surface area contributed by atoms with E-state index in [-0.39, 0.29) is 56.3 Å². The van der Waals surface area contributed by atoms with Crippen molar-refractivity contribution in [3.63, 3.8) is 0 Å². The molecular formula is C77H90O21. The third-order valence-electron chi connectivity index (χ3n) is 23.1. The number of benzene rings is 4. The summed E-state index contributed by atoms with van der Waals surface area (Å²) in [6.07, 6.45) is -7.96. The quantitative estimate of drug-likeness (QED) is 0.0411. The molecule has 0 amide bonds. The van der Waals surface area contributed by atoms with Crippen LogP contribution in [-0.2, 0) is 80.8 Å². The van der Waals surface area contributed by atoms with Crippen molar-refractivity contribution in [1.82, 2.24) is 0 Å². The Labute approximate surface area is 571 Å². The minimum atomic E-state index is -1.80. The lowest BCUT2D eigenvalue weighted by Gasteiger charge is -2.71. The van der Waals surface area contributed by atoms with Crippen LogP contribution < -0.4 is 0 Å². The van der Waals surface area contributed by atoms with Crippen LogP contribution in [0, 0.1) is 50.2 Å². The molecule has 4 aromatic carbocycles. The first-order valence-electron chi connectivity index (χ1n) is 34.0. The van der Waals surface area contributed by atoms with E-state index in [1.807, 2.05) is 0 Å². The van der Waals surface area contributed by atoms with Crippen molar-refractivity contribution in [1.29, 1.82) is 0 Å². The number of esters is 9. The Balaban J connectivity index is 0.913. The highest BCUT2D eigenvalue weighted by molar-refractivity contribution is 5.92. The summed E-state index contributed by atoms with van der Waals surface area (Å²) in [6, 6.07) is 33.1. The Morgan fingerprint density at radius 3 is 1.50 bits per heavy atom. The molecule has 2 heterocycles. The van der Waals surface area contributed by atoms with Crippen molar-refractivity contribution >= 4 is 53.7 Å². The standard InChI is InChI=1S/C77H90O21/c1-44(78)89-59-60(90-45(2)79)62(91-46(3)80)70(97-61(59)68(85)87-11)98-71(86)77-40-38-72(4,5)42-52(77)51-32-33-55-74(8)36-35-56(73(6,7)54(74)34-37-76(55,10)75(51,9)39-41-77)93-69-63(96-67(84)50-30-22-15-23-31-50)58(95-66(83)49-28-20-14-21-29-49)57(94-65(82)48-26-18-13-19-27-48)53(92-69)43-88-64(81)47-24-16-12-17-25-47/h12-32,52-63,69-70H,33-43H2,1-11H3/t52-,53+,54-,55+,56-,57+,58-,59-,60-,61-,62+,63+,69?,70?,74-,75+,76+,77-/m0/s1. The average molecular weight is 1350 g/mol. The molecule has 21 heteroatoms. The van der Waals surface area contributed by atoms with Crippen LogP contribution in [0.4, 0.5) is 0 Å². The highest BCUT2D eigenvalue weighted by atomic mass is 16.8. The van der Waals surface area contributed by atoms with Crippen LogP contribution in [0.15, 0.2) is 133 Å². The van der Waals surface area contributed by atoms with Gasteiger partial charge in [0.1, 0.15) is 12.7 Å². The van der Waals surface area contributed by atoms with Crippen molar-refractivity contribution < 1.29 is 100.0 Å². The number of rotatable bonds is 17. The van der Waals surface area contributed by atoms with Crippen molar-refractivity contribution in [2.75, 3.05) is 13.7 Å². The first-order valence-corrected chi connectivity index (χ1v) is 34.0. The van der Waals surface area contributed by atoms with Gasteiger partial charge in [0.25, 0.3) is 0 Å². The number of hydrogen-bond donors (Lipinski definition) is 0. The van der Waals surface area contributed by atoms with E-state index in [2.05, 4.69) is 54.5 Å². The van der Waals surface area contributed by atoms with Gasteiger partial charge in [-0.1, -0.05) is 133 Å². The van der Waals surface area contributed by atoms with E-state index in [4.69, 9.17) is 56.8 Å². The number of methoxy groups -OCH3 is 1. The third-order valence-corrected chi connectivity index (χ3v) is 23.1. The van der Waals surface area contributed by atoms with Crippen molar-refractivity contribution in [2.24, 2.45) is 50.2 Å². The fraction of sp³-hybridized carbons (Fsp3) is 0.545. The first-order chi connectivity index (χ1) is 46.5. The van der Waals surface area contributed by atoms with E-state index in [1.54, 1.807) is 121 Å². The number of carbonyl (C=O) groups is 9. The SMILES string of the molecule is COC(=O)[C@H]1OC(OC(=O)[C@]23CCC(C)(C)C[C@H]2C2=CC[C@@H]4[C@@]5(C)CC[C@H](OC6O[C@H](COC(=O)c7ccccc7)[C@@H](OC(=O)c7ccccc7)[C@H](OC(=O)c7ccccc7)[C@H]6OC(=O)c6ccccc6)C(C)(C)[C@@H]5CC[C@@]4(C)[C@]2(C)CC3)[C@H](OC(C)=O)[C@@H](OC(C)=O)[C@@H]1OC(C)=O. The molecule has 0 spiro atoms. The molecule has 11 rings (SSSR count). The molecule has 4 aromatic rings. The lowest BCUT2D eigenvalue weighted by molar-refractivity contribution is -0.327. The first kappa shape index (κ1) is 71.0. The molecule has 4 saturated carbocycles. The summed E-state index contributed by atoms with van der Waals surface area (Å²) in [5.74, 6) is -7.47. The molecule has 2 unspecified atom stereocenters. The number of carbonyl (C=O) groups excluding carboxylic acids is 9. The molecule has 2 saturated heterocycles. The molecule has 0 radical (unpaired) electrons. The molecule has 524 valence electrons. The molecule has 21 nitrogen and oxygen atoms in total. The van der Waals surface area contributed by atoms with Gasteiger partial charge in [-0.15, -0.1) is 0 Å². The second-order valence-corrected chi connectivity index (χ2v) is 29.6.